The Morgan fingerprint density at radius 3 is 2.62 bits per heavy atom. The molecule has 1 fully saturated rings. The number of carbonyl (C=O) groups excluding carboxylic acids is 1. The number of hydrogen-bond donors (Lipinski definition) is 2. The topological polar surface area (TPSA) is 58.4 Å². The summed E-state index contributed by atoms with van der Waals surface area (Å²) in [5.41, 5.74) is 5.78. The number of rotatable bonds is 7. The van der Waals surface area contributed by atoms with Gasteiger partial charge in [0.05, 0.1) is 6.04 Å². The standard InChI is InChI=1S/C12H25N3O/c1-9(2)8-11(13)12(16)14-6-7-15(3)10-4-5-10/h9-11H,4-8,13H2,1-3H3,(H,14,16)/t11-/m0/s1. The largest absolute Gasteiger partial charge is 0.353 e. The molecule has 1 saturated carbocycles. The van der Waals surface area contributed by atoms with E-state index in [1.54, 1.807) is 0 Å². The number of hydrogen-bond acceptors (Lipinski definition) is 3. The second kappa shape index (κ2) is 6.21. The fourth-order valence-corrected chi connectivity index (χ4v) is 1.80. The van der Waals surface area contributed by atoms with Crippen LogP contribution in [-0.2, 0) is 4.79 Å². The van der Waals surface area contributed by atoms with E-state index in [-0.39, 0.29) is 11.9 Å². The summed E-state index contributed by atoms with van der Waals surface area (Å²) in [4.78, 5) is 13.9. The van der Waals surface area contributed by atoms with E-state index in [0.717, 1.165) is 19.0 Å². The fourth-order valence-electron chi connectivity index (χ4n) is 1.80. The van der Waals surface area contributed by atoms with Crippen molar-refractivity contribution >= 4 is 5.91 Å². The third kappa shape index (κ3) is 4.94. The Kier molecular flexibility index (Phi) is 5.22. The zero-order valence-corrected chi connectivity index (χ0v) is 10.7. The third-order valence-electron chi connectivity index (χ3n) is 3.00. The molecule has 0 saturated heterocycles. The summed E-state index contributed by atoms with van der Waals surface area (Å²) in [5, 5.41) is 2.90. The monoisotopic (exact) mass is 227 g/mol. The molecule has 0 radical (unpaired) electrons. The first kappa shape index (κ1) is 13.5. The van der Waals surface area contributed by atoms with E-state index in [9.17, 15) is 4.79 Å². The summed E-state index contributed by atoms with van der Waals surface area (Å²) < 4.78 is 0. The van der Waals surface area contributed by atoms with Crippen molar-refractivity contribution in [3.8, 4) is 0 Å². The van der Waals surface area contributed by atoms with Crippen molar-refractivity contribution in [1.82, 2.24) is 10.2 Å². The van der Waals surface area contributed by atoms with Crippen LogP contribution in [0.1, 0.15) is 33.1 Å². The molecule has 0 unspecified atom stereocenters. The molecule has 94 valence electrons. The van der Waals surface area contributed by atoms with E-state index in [0.29, 0.717) is 12.5 Å². The van der Waals surface area contributed by atoms with Gasteiger partial charge in [0, 0.05) is 19.1 Å². The Balaban J connectivity index is 2.08. The first-order chi connectivity index (χ1) is 7.50. The normalized spacial score (nSPS) is 17.9. The van der Waals surface area contributed by atoms with Crippen molar-refractivity contribution in [2.75, 3.05) is 20.1 Å². The molecule has 1 atom stereocenters. The van der Waals surface area contributed by atoms with Crippen molar-refractivity contribution in [3.63, 3.8) is 0 Å². The molecule has 4 nitrogen and oxygen atoms in total. The van der Waals surface area contributed by atoms with E-state index in [1.165, 1.54) is 12.8 Å². The lowest BCUT2D eigenvalue weighted by atomic mass is 10.0. The first-order valence-electron chi connectivity index (χ1n) is 6.24. The highest BCUT2D eigenvalue weighted by atomic mass is 16.2. The molecular formula is C12H25N3O. The lowest BCUT2D eigenvalue weighted by molar-refractivity contribution is -0.122. The zero-order chi connectivity index (χ0) is 12.1. The highest BCUT2D eigenvalue weighted by Gasteiger charge is 2.25. The molecule has 0 aliphatic heterocycles. The Labute approximate surface area is 98.6 Å². The lowest BCUT2D eigenvalue weighted by Gasteiger charge is -2.18. The van der Waals surface area contributed by atoms with E-state index in [1.807, 2.05) is 0 Å². The fraction of sp³-hybridized carbons (Fsp3) is 0.917. The maximum atomic E-state index is 11.6. The van der Waals surface area contributed by atoms with Crippen LogP contribution in [0.4, 0.5) is 0 Å². The summed E-state index contributed by atoms with van der Waals surface area (Å²) in [6, 6.07) is 0.396. The molecule has 0 aromatic rings. The van der Waals surface area contributed by atoms with Crippen LogP contribution in [-0.4, -0.2) is 43.0 Å². The lowest BCUT2D eigenvalue weighted by Crippen LogP contribution is -2.44. The van der Waals surface area contributed by atoms with Gasteiger partial charge in [-0.25, -0.2) is 0 Å². The minimum atomic E-state index is -0.355. The van der Waals surface area contributed by atoms with Gasteiger partial charge < -0.3 is 16.0 Å². The molecule has 1 amide bonds. The second-order valence-electron chi connectivity index (χ2n) is 5.24. The first-order valence-corrected chi connectivity index (χ1v) is 6.24. The maximum Gasteiger partial charge on any atom is 0.236 e. The number of nitrogens with zero attached hydrogens (tertiary/aromatic N) is 1. The molecule has 1 aliphatic carbocycles. The van der Waals surface area contributed by atoms with Crippen LogP contribution in [0.3, 0.4) is 0 Å². The van der Waals surface area contributed by atoms with Crippen LogP contribution in [0.5, 0.6) is 0 Å². The summed E-state index contributed by atoms with van der Waals surface area (Å²) in [6.07, 6.45) is 3.36. The average Bonchev–Trinajstić information content (AvgIpc) is 2.99. The van der Waals surface area contributed by atoms with E-state index in [4.69, 9.17) is 5.73 Å². The molecule has 1 rings (SSSR count). The van der Waals surface area contributed by atoms with Crippen LogP contribution in [0, 0.1) is 5.92 Å². The summed E-state index contributed by atoms with van der Waals surface area (Å²) in [7, 11) is 2.11. The smallest absolute Gasteiger partial charge is 0.236 e. The predicted molar refractivity (Wildman–Crippen MR) is 66.1 cm³/mol. The van der Waals surface area contributed by atoms with Crippen LogP contribution >= 0.6 is 0 Å². The van der Waals surface area contributed by atoms with Gasteiger partial charge in [-0.1, -0.05) is 13.8 Å². The van der Waals surface area contributed by atoms with Crippen molar-refractivity contribution in [2.24, 2.45) is 11.7 Å². The van der Waals surface area contributed by atoms with Gasteiger partial charge in [-0.2, -0.15) is 0 Å². The number of likely N-dealkylation sites (N-methyl/N-ethyl adjacent to an activating group) is 1. The number of carbonyl (C=O) groups is 1. The van der Waals surface area contributed by atoms with Crippen molar-refractivity contribution in [1.29, 1.82) is 0 Å². The minimum Gasteiger partial charge on any atom is -0.353 e. The van der Waals surface area contributed by atoms with Crippen molar-refractivity contribution in [2.45, 2.75) is 45.2 Å². The zero-order valence-electron chi connectivity index (χ0n) is 10.7. The van der Waals surface area contributed by atoms with Gasteiger partial charge in [0.15, 0.2) is 0 Å². The Morgan fingerprint density at radius 2 is 2.12 bits per heavy atom. The summed E-state index contributed by atoms with van der Waals surface area (Å²) in [5.74, 6) is 0.452. The molecule has 0 bridgehead atoms. The highest BCUT2D eigenvalue weighted by Crippen LogP contribution is 2.24. The van der Waals surface area contributed by atoms with Crippen LogP contribution in [0.2, 0.25) is 0 Å². The molecule has 4 heteroatoms. The van der Waals surface area contributed by atoms with Gasteiger partial charge in [-0.3, -0.25) is 4.79 Å². The second-order valence-corrected chi connectivity index (χ2v) is 5.24. The van der Waals surface area contributed by atoms with Gasteiger partial charge in [0.2, 0.25) is 5.91 Å². The number of nitrogens with one attached hydrogen (secondary N) is 1. The maximum absolute atomic E-state index is 11.6. The molecule has 0 spiro atoms. The Hall–Kier alpha value is -0.610. The minimum absolute atomic E-state index is 0.0158. The third-order valence-corrected chi connectivity index (χ3v) is 3.00. The van der Waals surface area contributed by atoms with E-state index in [2.05, 4.69) is 31.1 Å². The van der Waals surface area contributed by atoms with Gasteiger partial charge in [0.1, 0.15) is 0 Å². The van der Waals surface area contributed by atoms with Crippen LogP contribution in [0.15, 0.2) is 0 Å². The van der Waals surface area contributed by atoms with E-state index < -0.39 is 0 Å². The molecule has 0 aromatic carbocycles. The Bertz CT molecular complexity index is 226. The van der Waals surface area contributed by atoms with Gasteiger partial charge in [0.25, 0.3) is 0 Å². The highest BCUT2D eigenvalue weighted by molar-refractivity contribution is 5.81. The molecule has 3 N–H and O–H groups in total. The van der Waals surface area contributed by atoms with Gasteiger partial charge in [-0.15, -0.1) is 0 Å². The molecule has 16 heavy (non-hydrogen) atoms. The number of nitrogens with two attached hydrogens (primary N) is 1. The SMILES string of the molecule is CC(C)C[C@H](N)C(=O)NCCN(C)C1CC1. The predicted octanol–water partition coefficient (Wildman–Crippen LogP) is 0.570. The van der Waals surface area contributed by atoms with E-state index >= 15 is 0 Å². The van der Waals surface area contributed by atoms with Crippen LogP contribution in [0.25, 0.3) is 0 Å². The van der Waals surface area contributed by atoms with Gasteiger partial charge >= 0.3 is 0 Å². The van der Waals surface area contributed by atoms with Gasteiger partial charge in [-0.05, 0) is 32.2 Å². The summed E-state index contributed by atoms with van der Waals surface area (Å²) >= 11 is 0. The Morgan fingerprint density at radius 1 is 1.50 bits per heavy atom. The molecule has 0 aromatic heterocycles. The van der Waals surface area contributed by atoms with Crippen LogP contribution < -0.4 is 11.1 Å². The molecular weight excluding hydrogens is 202 g/mol. The number of amides is 1. The van der Waals surface area contributed by atoms with Crippen molar-refractivity contribution in [3.05, 3.63) is 0 Å². The average molecular weight is 227 g/mol. The molecule has 1 aliphatic rings. The molecule has 0 heterocycles. The quantitative estimate of drug-likeness (QED) is 0.668. The summed E-state index contributed by atoms with van der Waals surface area (Å²) in [6.45, 7) is 5.78. The van der Waals surface area contributed by atoms with Crippen molar-refractivity contribution < 1.29 is 4.79 Å².